The van der Waals surface area contributed by atoms with E-state index in [1.54, 1.807) is 0 Å². The zero-order valence-electron chi connectivity index (χ0n) is 11.1. The third-order valence-corrected chi connectivity index (χ3v) is 3.98. The van der Waals surface area contributed by atoms with Crippen LogP contribution in [0.5, 0.6) is 0 Å². The molecule has 8 heteroatoms. The monoisotopic (exact) mass is 319 g/mol. The number of rotatable bonds is 5. The Hall–Kier alpha value is -1.57. The summed E-state index contributed by atoms with van der Waals surface area (Å²) in [6, 6.07) is 2.01. The number of halogens is 2. The first-order chi connectivity index (χ1) is 9.99. The maximum absolute atomic E-state index is 12.3. The van der Waals surface area contributed by atoms with Crippen molar-refractivity contribution in [3.8, 4) is 0 Å². The van der Waals surface area contributed by atoms with Crippen LogP contribution >= 0.6 is 11.8 Å². The van der Waals surface area contributed by atoms with Gasteiger partial charge < -0.3 is 14.4 Å². The molecule has 1 aromatic heterocycles. The molecule has 21 heavy (non-hydrogen) atoms. The van der Waals surface area contributed by atoms with Gasteiger partial charge in [0, 0.05) is 6.54 Å². The van der Waals surface area contributed by atoms with Gasteiger partial charge in [0.2, 0.25) is 0 Å². The van der Waals surface area contributed by atoms with Crippen LogP contribution in [0.4, 0.5) is 8.78 Å². The minimum absolute atomic E-state index is 0.00647. The fraction of sp³-hybridized carbons (Fsp3) is 0.538. The average molecular weight is 319 g/mol. The SMILES string of the molecule is O=C(O)C1CCCCN1C(=O)c1ccc(CSC(F)F)o1. The number of aliphatic carboxylic acids is 1. The number of carboxylic acid groups (broad SMARTS) is 1. The molecule has 1 aliphatic heterocycles. The number of likely N-dealkylation sites (tertiary alicyclic amines) is 1. The predicted octanol–water partition coefficient (Wildman–Crippen LogP) is 2.81. The fourth-order valence-electron chi connectivity index (χ4n) is 2.29. The van der Waals surface area contributed by atoms with E-state index in [4.69, 9.17) is 9.52 Å². The average Bonchev–Trinajstić information content (AvgIpc) is 2.93. The fourth-order valence-corrected chi connectivity index (χ4v) is 2.73. The Morgan fingerprint density at radius 1 is 1.43 bits per heavy atom. The van der Waals surface area contributed by atoms with Crippen molar-refractivity contribution < 1.29 is 27.9 Å². The van der Waals surface area contributed by atoms with Gasteiger partial charge in [0.05, 0.1) is 5.75 Å². The van der Waals surface area contributed by atoms with Crippen LogP contribution in [0.2, 0.25) is 0 Å². The van der Waals surface area contributed by atoms with Gasteiger partial charge in [-0.2, -0.15) is 8.78 Å². The molecule has 116 valence electrons. The minimum atomic E-state index is -2.51. The van der Waals surface area contributed by atoms with Crippen molar-refractivity contribution >= 4 is 23.6 Å². The predicted molar refractivity (Wildman–Crippen MR) is 72.3 cm³/mol. The molecule has 1 saturated heterocycles. The van der Waals surface area contributed by atoms with Gasteiger partial charge in [0.25, 0.3) is 11.7 Å². The Labute approximate surface area is 124 Å². The van der Waals surface area contributed by atoms with Crippen LogP contribution in [-0.4, -0.2) is 40.2 Å². The first-order valence-electron chi connectivity index (χ1n) is 6.51. The molecule has 0 aromatic carbocycles. The molecule has 0 aliphatic carbocycles. The largest absolute Gasteiger partial charge is 0.480 e. The first kappa shape index (κ1) is 15.8. The molecule has 2 heterocycles. The quantitative estimate of drug-likeness (QED) is 0.903. The molecule has 5 nitrogen and oxygen atoms in total. The number of hydrogen-bond donors (Lipinski definition) is 1. The molecule has 0 spiro atoms. The van der Waals surface area contributed by atoms with Crippen LogP contribution in [0.15, 0.2) is 16.5 Å². The van der Waals surface area contributed by atoms with Gasteiger partial charge in [-0.25, -0.2) is 4.79 Å². The summed E-state index contributed by atoms with van der Waals surface area (Å²) in [6.07, 6.45) is 1.91. The number of carboxylic acids is 1. The van der Waals surface area contributed by atoms with Crippen LogP contribution in [0, 0.1) is 0 Å². The molecule has 2 rings (SSSR count). The molecule has 0 saturated carbocycles. The highest BCUT2D eigenvalue weighted by molar-refractivity contribution is 7.98. The second-order valence-electron chi connectivity index (χ2n) is 4.69. The Morgan fingerprint density at radius 3 is 2.86 bits per heavy atom. The van der Waals surface area contributed by atoms with Gasteiger partial charge in [-0.3, -0.25) is 4.79 Å². The summed E-state index contributed by atoms with van der Waals surface area (Å²) in [7, 11) is 0. The van der Waals surface area contributed by atoms with Gasteiger partial charge in [0.1, 0.15) is 11.8 Å². The van der Waals surface area contributed by atoms with Gasteiger partial charge in [0.15, 0.2) is 5.76 Å². The van der Waals surface area contributed by atoms with Crippen LogP contribution < -0.4 is 0 Å². The summed E-state index contributed by atoms with van der Waals surface area (Å²) < 4.78 is 29.4. The lowest BCUT2D eigenvalue weighted by Gasteiger charge is -2.32. The lowest BCUT2D eigenvalue weighted by atomic mass is 10.0. The van der Waals surface area contributed by atoms with Crippen molar-refractivity contribution in [1.82, 2.24) is 4.90 Å². The third-order valence-electron chi connectivity index (χ3n) is 3.27. The number of carbonyl (C=O) groups is 2. The highest BCUT2D eigenvalue weighted by Gasteiger charge is 2.33. The molecule has 1 atom stereocenters. The van der Waals surface area contributed by atoms with E-state index < -0.39 is 23.7 Å². The van der Waals surface area contributed by atoms with Crippen molar-refractivity contribution in [1.29, 1.82) is 0 Å². The first-order valence-corrected chi connectivity index (χ1v) is 7.56. The lowest BCUT2D eigenvalue weighted by molar-refractivity contribution is -0.143. The molecule has 1 unspecified atom stereocenters. The number of thioether (sulfide) groups is 1. The highest BCUT2D eigenvalue weighted by Crippen LogP contribution is 2.24. The Balaban J connectivity index is 2.06. The van der Waals surface area contributed by atoms with E-state index >= 15 is 0 Å². The smallest absolute Gasteiger partial charge is 0.326 e. The zero-order chi connectivity index (χ0) is 15.4. The molecule has 1 N–H and O–H groups in total. The number of alkyl halides is 2. The van der Waals surface area contributed by atoms with Gasteiger partial charge >= 0.3 is 5.97 Å². The number of carbonyl (C=O) groups excluding carboxylic acids is 1. The normalized spacial score (nSPS) is 19.0. The summed E-state index contributed by atoms with van der Waals surface area (Å²) >= 11 is 0.404. The van der Waals surface area contributed by atoms with Crippen LogP contribution in [0.1, 0.15) is 35.6 Å². The topological polar surface area (TPSA) is 70.8 Å². The standard InChI is InChI=1S/C13H15F2NO4S/c14-13(15)21-7-8-4-5-10(20-8)11(17)16-6-2-1-3-9(16)12(18)19/h4-5,9,13H,1-3,6-7H2,(H,18,19). The van der Waals surface area contributed by atoms with E-state index in [0.717, 1.165) is 12.8 Å². The molecule has 1 fully saturated rings. The molecular weight excluding hydrogens is 304 g/mol. The second-order valence-corrected chi connectivity index (χ2v) is 5.66. The maximum atomic E-state index is 12.3. The number of amides is 1. The highest BCUT2D eigenvalue weighted by atomic mass is 32.2. The number of nitrogens with zero attached hydrogens (tertiary/aromatic N) is 1. The van der Waals surface area contributed by atoms with Gasteiger partial charge in [-0.05, 0) is 31.4 Å². The second kappa shape index (κ2) is 6.93. The van der Waals surface area contributed by atoms with Crippen molar-refractivity contribution in [3.05, 3.63) is 23.7 Å². The molecule has 0 bridgehead atoms. The summed E-state index contributed by atoms with van der Waals surface area (Å²) in [5.74, 6) is -3.82. The van der Waals surface area contributed by atoms with Crippen LogP contribution in [0.25, 0.3) is 0 Å². The third kappa shape index (κ3) is 3.96. The van der Waals surface area contributed by atoms with Crippen molar-refractivity contribution in [2.75, 3.05) is 6.54 Å². The Bertz CT molecular complexity index is 520. The summed E-state index contributed by atoms with van der Waals surface area (Å²) in [5, 5.41) is 9.14. The minimum Gasteiger partial charge on any atom is -0.480 e. The Kier molecular flexibility index (Phi) is 5.22. The van der Waals surface area contributed by atoms with Crippen molar-refractivity contribution in [2.45, 2.75) is 36.8 Å². The van der Waals surface area contributed by atoms with E-state index in [-0.39, 0.29) is 17.3 Å². The number of piperidine rings is 1. The summed E-state index contributed by atoms with van der Waals surface area (Å²) in [4.78, 5) is 24.7. The van der Waals surface area contributed by atoms with Crippen LogP contribution in [0.3, 0.4) is 0 Å². The zero-order valence-corrected chi connectivity index (χ0v) is 11.9. The molecule has 1 aliphatic rings. The molecular formula is C13H15F2NO4S. The lowest BCUT2D eigenvalue weighted by Crippen LogP contribution is -2.47. The van der Waals surface area contributed by atoms with Gasteiger partial charge in [-0.1, -0.05) is 11.8 Å². The van der Waals surface area contributed by atoms with Crippen LogP contribution in [-0.2, 0) is 10.5 Å². The van der Waals surface area contributed by atoms with Gasteiger partial charge in [-0.15, -0.1) is 0 Å². The summed E-state index contributed by atoms with van der Waals surface area (Å²) in [6.45, 7) is 0.359. The summed E-state index contributed by atoms with van der Waals surface area (Å²) in [5.41, 5.74) is 0. The number of furan rings is 1. The number of hydrogen-bond acceptors (Lipinski definition) is 4. The van der Waals surface area contributed by atoms with Crippen molar-refractivity contribution in [3.63, 3.8) is 0 Å². The molecule has 1 aromatic rings. The molecule has 0 radical (unpaired) electrons. The van der Waals surface area contributed by atoms with E-state index in [1.807, 2.05) is 0 Å². The van der Waals surface area contributed by atoms with E-state index in [0.29, 0.717) is 24.7 Å². The van der Waals surface area contributed by atoms with E-state index in [9.17, 15) is 18.4 Å². The van der Waals surface area contributed by atoms with E-state index in [2.05, 4.69) is 0 Å². The van der Waals surface area contributed by atoms with Crippen molar-refractivity contribution in [2.24, 2.45) is 0 Å². The maximum Gasteiger partial charge on any atom is 0.326 e. The molecule has 1 amide bonds. The van der Waals surface area contributed by atoms with E-state index in [1.165, 1.54) is 17.0 Å². The Morgan fingerprint density at radius 2 is 2.19 bits per heavy atom.